The first-order valence-electron chi connectivity index (χ1n) is 6.94. The van der Waals surface area contributed by atoms with E-state index in [0.717, 1.165) is 29.1 Å². The summed E-state index contributed by atoms with van der Waals surface area (Å²) in [5.41, 5.74) is 3.38. The van der Waals surface area contributed by atoms with Crippen molar-refractivity contribution in [3.05, 3.63) is 68.2 Å². The third kappa shape index (κ3) is 4.37. The number of likely N-dealkylation sites (N-methyl/N-ethyl adjacent to an activating group) is 1. The second kappa shape index (κ2) is 7.51. The maximum Gasteiger partial charge on any atom is 0.0453 e. The number of halogens is 3. The number of rotatable bonds is 5. The summed E-state index contributed by atoms with van der Waals surface area (Å²) < 4.78 is 0. The van der Waals surface area contributed by atoms with Crippen LogP contribution in [0.2, 0.25) is 15.1 Å². The normalized spacial score (nSPS) is 12.4. The zero-order valence-corrected chi connectivity index (χ0v) is 14.4. The van der Waals surface area contributed by atoms with Gasteiger partial charge in [-0.3, -0.25) is 0 Å². The van der Waals surface area contributed by atoms with Crippen molar-refractivity contribution in [3.8, 4) is 0 Å². The van der Waals surface area contributed by atoms with Gasteiger partial charge in [-0.1, -0.05) is 59.9 Å². The molecule has 0 spiro atoms. The van der Waals surface area contributed by atoms with Crippen LogP contribution in [-0.4, -0.2) is 6.54 Å². The van der Waals surface area contributed by atoms with E-state index in [9.17, 15) is 0 Å². The molecule has 21 heavy (non-hydrogen) atoms. The van der Waals surface area contributed by atoms with Gasteiger partial charge < -0.3 is 5.32 Å². The Bertz CT molecular complexity index is 625. The highest BCUT2D eigenvalue weighted by molar-refractivity contribution is 6.35. The van der Waals surface area contributed by atoms with Crippen molar-refractivity contribution in [1.29, 1.82) is 0 Å². The van der Waals surface area contributed by atoms with Crippen molar-refractivity contribution in [1.82, 2.24) is 5.32 Å². The molecule has 1 unspecified atom stereocenters. The highest BCUT2D eigenvalue weighted by atomic mass is 35.5. The van der Waals surface area contributed by atoms with Crippen LogP contribution >= 0.6 is 34.8 Å². The van der Waals surface area contributed by atoms with Crippen molar-refractivity contribution >= 4 is 34.8 Å². The Kier molecular flexibility index (Phi) is 5.95. The van der Waals surface area contributed by atoms with Gasteiger partial charge in [-0.2, -0.15) is 0 Å². The molecule has 0 radical (unpaired) electrons. The molecule has 0 saturated heterocycles. The lowest BCUT2D eigenvalue weighted by Crippen LogP contribution is -2.23. The Hall–Kier alpha value is -0.730. The number of benzene rings is 2. The summed E-state index contributed by atoms with van der Waals surface area (Å²) in [4.78, 5) is 0. The first-order chi connectivity index (χ1) is 10.0. The maximum absolute atomic E-state index is 6.28. The van der Waals surface area contributed by atoms with Crippen LogP contribution in [0.1, 0.15) is 29.7 Å². The minimum Gasteiger partial charge on any atom is -0.310 e. The Morgan fingerprint density at radius 1 is 1.00 bits per heavy atom. The Morgan fingerprint density at radius 2 is 1.76 bits per heavy atom. The van der Waals surface area contributed by atoms with Gasteiger partial charge in [0.15, 0.2) is 0 Å². The third-order valence-electron chi connectivity index (χ3n) is 3.47. The van der Waals surface area contributed by atoms with Crippen LogP contribution in [0.15, 0.2) is 36.4 Å². The lowest BCUT2D eigenvalue weighted by molar-refractivity contribution is 0.549. The van der Waals surface area contributed by atoms with Gasteiger partial charge in [0.25, 0.3) is 0 Å². The van der Waals surface area contributed by atoms with Crippen LogP contribution in [0.4, 0.5) is 0 Å². The zero-order chi connectivity index (χ0) is 15.4. The van der Waals surface area contributed by atoms with Crippen LogP contribution in [0.5, 0.6) is 0 Å². The van der Waals surface area contributed by atoms with Crippen molar-refractivity contribution in [2.45, 2.75) is 26.3 Å². The third-order valence-corrected chi connectivity index (χ3v) is 4.49. The molecule has 0 aliphatic rings. The van der Waals surface area contributed by atoms with Gasteiger partial charge in [-0.15, -0.1) is 0 Å². The second-order valence-corrected chi connectivity index (χ2v) is 6.31. The SMILES string of the molecule is CCNC(Cc1ccc(Cl)cc1Cl)c1ccc(Cl)c(C)c1. The Morgan fingerprint density at radius 3 is 2.38 bits per heavy atom. The van der Waals surface area contributed by atoms with E-state index >= 15 is 0 Å². The molecule has 112 valence electrons. The number of hydrogen-bond acceptors (Lipinski definition) is 1. The lowest BCUT2D eigenvalue weighted by Gasteiger charge is -2.20. The van der Waals surface area contributed by atoms with Crippen LogP contribution < -0.4 is 5.32 Å². The standard InChI is InChI=1S/C17H18Cl3N/c1-3-21-17(13-5-7-15(19)11(2)8-13)9-12-4-6-14(18)10-16(12)20/h4-8,10,17,21H,3,9H2,1-2H3. The van der Waals surface area contributed by atoms with Gasteiger partial charge in [0.1, 0.15) is 0 Å². The highest BCUT2D eigenvalue weighted by Gasteiger charge is 2.14. The summed E-state index contributed by atoms with van der Waals surface area (Å²) in [6.07, 6.45) is 0.810. The van der Waals surface area contributed by atoms with Crippen molar-refractivity contribution in [3.63, 3.8) is 0 Å². The molecule has 1 atom stereocenters. The molecular formula is C17H18Cl3N. The van der Waals surface area contributed by atoms with Gasteiger partial charge in [-0.25, -0.2) is 0 Å². The molecule has 1 nitrogen and oxygen atoms in total. The summed E-state index contributed by atoms with van der Waals surface area (Å²) >= 11 is 18.3. The summed E-state index contributed by atoms with van der Waals surface area (Å²) in [7, 11) is 0. The van der Waals surface area contributed by atoms with E-state index in [2.05, 4.69) is 24.4 Å². The summed E-state index contributed by atoms with van der Waals surface area (Å²) in [5.74, 6) is 0. The van der Waals surface area contributed by atoms with E-state index in [1.54, 1.807) is 6.07 Å². The molecule has 2 rings (SSSR count). The fourth-order valence-corrected chi connectivity index (χ4v) is 2.95. The quantitative estimate of drug-likeness (QED) is 0.719. The minimum atomic E-state index is 0.199. The van der Waals surface area contributed by atoms with E-state index in [-0.39, 0.29) is 6.04 Å². The summed E-state index contributed by atoms with van der Waals surface area (Å²) in [6, 6.07) is 12.0. The molecular weight excluding hydrogens is 325 g/mol. The molecule has 2 aromatic rings. The van der Waals surface area contributed by atoms with Gasteiger partial charge in [0, 0.05) is 21.1 Å². The highest BCUT2D eigenvalue weighted by Crippen LogP contribution is 2.28. The number of nitrogens with one attached hydrogen (secondary N) is 1. The zero-order valence-electron chi connectivity index (χ0n) is 12.1. The molecule has 0 heterocycles. The summed E-state index contributed by atoms with van der Waals surface area (Å²) in [6.45, 7) is 5.00. The van der Waals surface area contributed by atoms with Gasteiger partial charge in [0.05, 0.1) is 0 Å². The molecule has 0 amide bonds. The van der Waals surface area contributed by atoms with E-state index in [1.165, 1.54) is 5.56 Å². The molecule has 0 saturated carbocycles. The second-order valence-electron chi connectivity index (χ2n) is 5.06. The van der Waals surface area contributed by atoms with Crippen LogP contribution in [-0.2, 0) is 6.42 Å². The molecule has 0 aliphatic heterocycles. The van der Waals surface area contributed by atoms with E-state index in [0.29, 0.717) is 10.0 Å². The van der Waals surface area contributed by atoms with Crippen molar-refractivity contribution in [2.75, 3.05) is 6.54 Å². The van der Waals surface area contributed by atoms with Gasteiger partial charge in [0.2, 0.25) is 0 Å². The number of hydrogen-bond donors (Lipinski definition) is 1. The van der Waals surface area contributed by atoms with Crippen LogP contribution in [0.3, 0.4) is 0 Å². The van der Waals surface area contributed by atoms with Gasteiger partial charge >= 0.3 is 0 Å². The fourth-order valence-electron chi connectivity index (χ4n) is 2.35. The van der Waals surface area contributed by atoms with Crippen LogP contribution in [0.25, 0.3) is 0 Å². The Labute approximate surface area is 141 Å². The molecule has 4 heteroatoms. The molecule has 0 aromatic heterocycles. The predicted octanol–water partition coefficient (Wildman–Crippen LogP) is 5.85. The van der Waals surface area contributed by atoms with E-state index in [1.807, 2.05) is 25.1 Å². The minimum absolute atomic E-state index is 0.199. The molecule has 0 bridgehead atoms. The summed E-state index contributed by atoms with van der Waals surface area (Å²) in [5, 5.41) is 5.65. The largest absolute Gasteiger partial charge is 0.310 e. The van der Waals surface area contributed by atoms with Crippen molar-refractivity contribution < 1.29 is 0 Å². The van der Waals surface area contributed by atoms with E-state index in [4.69, 9.17) is 34.8 Å². The average molecular weight is 343 g/mol. The monoisotopic (exact) mass is 341 g/mol. The Balaban J connectivity index is 2.28. The molecule has 2 aromatic carbocycles. The topological polar surface area (TPSA) is 12.0 Å². The molecule has 0 aliphatic carbocycles. The van der Waals surface area contributed by atoms with Gasteiger partial charge in [-0.05, 0) is 54.8 Å². The first-order valence-corrected chi connectivity index (χ1v) is 8.08. The molecule has 1 N–H and O–H groups in total. The smallest absolute Gasteiger partial charge is 0.0453 e. The number of aryl methyl sites for hydroxylation is 1. The fraction of sp³-hybridized carbons (Fsp3) is 0.294. The van der Waals surface area contributed by atoms with Crippen LogP contribution in [0, 0.1) is 6.92 Å². The van der Waals surface area contributed by atoms with Crippen molar-refractivity contribution in [2.24, 2.45) is 0 Å². The predicted molar refractivity (Wildman–Crippen MR) is 92.8 cm³/mol. The lowest BCUT2D eigenvalue weighted by atomic mass is 9.97. The maximum atomic E-state index is 6.28. The average Bonchev–Trinajstić information content (AvgIpc) is 2.44. The van der Waals surface area contributed by atoms with E-state index < -0.39 is 0 Å². The molecule has 0 fully saturated rings. The first kappa shape index (κ1) is 16.6.